The molecule has 2 aromatic rings. The third-order valence-corrected chi connectivity index (χ3v) is 4.72. The number of benzene rings is 1. The summed E-state index contributed by atoms with van der Waals surface area (Å²) in [6, 6.07) is 5.30. The quantitative estimate of drug-likeness (QED) is 0.747. The van der Waals surface area contributed by atoms with Gasteiger partial charge in [-0.05, 0) is 37.8 Å². The SMILES string of the molecule is CC(C1CCCC1)n1c(CCCl)nc2cc(F)ccc21. The van der Waals surface area contributed by atoms with E-state index in [9.17, 15) is 4.39 Å². The van der Waals surface area contributed by atoms with Gasteiger partial charge < -0.3 is 4.57 Å². The van der Waals surface area contributed by atoms with E-state index in [1.807, 2.05) is 6.07 Å². The minimum absolute atomic E-state index is 0.229. The molecule has 20 heavy (non-hydrogen) atoms. The summed E-state index contributed by atoms with van der Waals surface area (Å²) in [5, 5.41) is 0. The van der Waals surface area contributed by atoms with Gasteiger partial charge in [0.1, 0.15) is 11.6 Å². The first-order chi connectivity index (χ1) is 9.70. The Hall–Kier alpha value is -1.09. The molecule has 3 rings (SSSR count). The first-order valence-corrected chi connectivity index (χ1v) is 7.96. The van der Waals surface area contributed by atoms with Gasteiger partial charge in [0.2, 0.25) is 0 Å². The summed E-state index contributed by atoms with van der Waals surface area (Å²) in [6.07, 6.45) is 5.93. The molecule has 0 saturated heterocycles. The van der Waals surface area contributed by atoms with Crippen molar-refractivity contribution in [2.75, 3.05) is 5.88 Å². The minimum atomic E-state index is -0.229. The van der Waals surface area contributed by atoms with Crippen LogP contribution in [0.25, 0.3) is 11.0 Å². The standard InChI is InChI=1S/C16H20ClFN2/c1-11(12-4-2-3-5-12)20-15-7-6-13(18)10-14(15)19-16(20)8-9-17/h6-7,10-12H,2-5,8-9H2,1H3. The summed E-state index contributed by atoms with van der Waals surface area (Å²) < 4.78 is 15.7. The zero-order chi connectivity index (χ0) is 14.1. The first-order valence-electron chi connectivity index (χ1n) is 7.43. The number of rotatable bonds is 4. The van der Waals surface area contributed by atoms with Crippen molar-refractivity contribution in [3.05, 3.63) is 29.8 Å². The second-order valence-corrected chi connectivity index (χ2v) is 6.13. The van der Waals surface area contributed by atoms with Crippen LogP contribution in [0.5, 0.6) is 0 Å². The minimum Gasteiger partial charge on any atom is -0.325 e. The molecular formula is C16H20ClFN2. The van der Waals surface area contributed by atoms with Crippen molar-refractivity contribution in [1.82, 2.24) is 9.55 Å². The third kappa shape index (κ3) is 2.44. The van der Waals surface area contributed by atoms with Crippen LogP contribution in [0.15, 0.2) is 18.2 Å². The summed E-state index contributed by atoms with van der Waals surface area (Å²) >= 11 is 5.90. The van der Waals surface area contributed by atoms with Gasteiger partial charge in [-0.2, -0.15) is 0 Å². The van der Waals surface area contributed by atoms with E-state index in [1.54, 1.807) is 0 Å². The summed E-state index contributed by atoms with van der Waals surface area (Å²) in [5.41, 5.74) is 1.78. The average Bonchev–Trinajstić information content (AvgIpc) is 3.05. The Labute approximate surface area is 123 Å². The predicted molar refractivity (Wildman–Crippen MR) is 80.8 cm³/mol. The molecule has 1 aliphatic carbocycles. The highest BCUT2D eigenvalue weighted by Crippen LogP contribution is 2.36. The van der Waals surface area contributed by atoms with Crippen LogP contribution < -0.4 is 0 Å². The number of alkyl halides is 1. The molecule has 108 valence electrons. The molecule has 1 fully saturated rings. The Morgan fingerprint density at radius 3 is 2.85 bits per heavy atom. The highest BCUT2D eigenvalue weighted by Gasteiger charge is 2.26. The van der Waals surface area contributed by atoms with E-state index in [2.05, 4.69) is 16.5 Å². The van der Waals surface area contributed by atoms with Crippen LogP contribution in [0.1, 0.15) is 44.5 Å². The molecule has 1 heterocycles. The fourth-order valence-corrected chi connectivity index (χ4v) is 3.66. The summed E-state index contributed by atoms with van der Waals surface area (Å²) in [6.45, 7) is 2.26. The monoisotopic (exact) mass is 294 g/mol. The molecule has 1 unspecified atom stereocenters. The molecule has 1 aromatic carbocycles. The molecule has 1 saturated carbocycles. The van der Waals surface area contributed by atoms with Crippen molar-refractivity contribution in [3.8, 4) is 0 Å². The van der Waals surface area contributed by atoms with E-state index < -0.39 is 0 Å². The van der Waals surface area contributed by atoms with Gasteiger partial charge in [-0.3, -0.25) is 0 Å². The molecule has 1 atom stereocenters. The van der Waals surface area contributed by atoms with Gasteiger partial charge in [-0.25, -0.2) is 9.37 Å². The van der Waals surface area contributed by atoms with E-state index in [0.29, 0.717) is 17.8 Å². The van der Waals surface area contributed by atoms with Crippen molar-refractivity contribution < 1.29 is 4.39 Å². The van der Waals surface area contributed by atoms with E-state index >= 15 is 0 Å². The second kappa shape index (κ2) is 5.72. The number of imidazole rings is 1. The number of hydrogen-bond donors (Lipinski definition) is 0. The highest BCUT2D eigenvalue weighted by atomic mass is 35.5. The lowest BCUT2D eigenvalue weighted by molar-refractivity contribution is 0.360. The van der Waals surface area contributed by atoms with Crippen molar-refractivity contribution in [2.24, 2.45) is 5.92 Å². The molecule has 2 nitrogen and oxygen atoms in total. The molecule has 4 heteroatoms. The van der Waals surface area contributed by atoms with Gasteiger partial charge >= 0.3 is 0 Å². The zero-order valence-electron chi connectivity index (χ0n) is 11.8. The fourth-order valence-electron chi connectivity index (χ4n) is 3.49. The Balaban J connectivity index is 2.07. The molecule has 1 aromatic heterocycles. The third-order valence-electron chi connectivity index (χ3n) is 4.53. The number of fused-ring (bicyclic) bond motifs is 1. The van der Waals surface area contributed by atoms with Crippen LogP contribution in [0.4, 0.5) is 4.39 Å². The number of aromatic nitrogens is 2. The van der Waals surface area contributed by atoms with Crippen molar-refractivity contribution >= 4 is 22.6 Å². The molecule has 0 radical (unpaired) electrons. The largest absolute Gasteiger partial charge is 0.325 e. The van der Waals surface area contributed by atoms with Crippen LogP contribution in [0, 0.1) is 11.7 Å². The van der Waals surface area contributed by atoms with E-state index in [0.717, 1.165) is 23.3 Å². The van der Waals surface area contributed by atoms with Gasteiger partial charge in [-0.15, -0.1) is 11.6 Å². The van der Waals surface area contributed by atoms with Gasteiger partial charge in [0, 0.05) is 24.4 Å². The van der Waals surface area contributed by atoms with Crippen molar-refractivity contribution in [3.63, 3.8) is 0 Å². The normalized spacial score (nSPS) is 17.9. The lowest BCUT2D eigenvalue weighted by Crippen LogP contribution is -2.17. The van der Waals surface area contributed by atoms with Gasteiger partial charge in [0.15, 0.2) is 0 Å². The Morgan fingerprint density at radius 2 is 2.15 bits per heavy atom. The van der Waals surface area contributed by atoms with Crippen LogP contribution in [0.2, 0.25) is 0 Å². The zero-order valence-corrected chi connectivity index (χ0v) is 12.5. The number of aryl methyl sites for hydroxylation is 1. The van der Waals surface area contributed by atoms with Crippen molar-refractivity contribution in [1.29, 1.82) is 0 Å². The Bertz CT molecular complexity index is 602. The first kappa shape index (κ1) is 13.9. The van der Waals surface area contributed by atoms with Gasteiger partial charge in [0.05, 0.1) is 11.0 Å². The molecular weight excluding hydrogens is 275 g/mol. The summed E-state index contributed by atoms with van der Waals surface area (Å²) in [5.74, 6) is 2.00. The van der Waals surface area contributed by atoms with Crippen LogP contribution in [-0.2, 0) is 6.42 Å². The highest BCUT2D eigenvalue weighted by molar-refractivity contribution is 6.17. The smallest absolute Gasteiger partial charge is 0.125 e. The van der Waals surface area contributed by atoms with Crippen LogP contribution in [0.3, 0.4) is 0 Å². The molecule has 0 aliphatic heterocycles. The van der Waals surface area contributed by atoms with E-state index in [-0.39, 0.29) is 5.82 Å². The predicted octanol–water partition coefficient (Wildman–Crippen LogP) is 4.71. The lowest BCUT2D eigenvalue weighted by Gasteiger charge is -2.23. The topological polar surface area (TPSA) is 17.8 Å². The molecule has 0 bridgehead atoms. The maximum absolute atomic E-state index is 13.4. The molecule has 0 N–H and O–H groups in total. The Morgan fingerprint density at radius 1 is 1.40 bits per heavy atom. The van der Waals surface area contributed by atoms with E-state index in [4.69, 9.17) is 11.6 Å². The second-order valence-electron chi connectivity index (χ2n) is 5.76. The lowest BCUT2D eigenvalue weighted by atomic mass is 9.99. The average molecular weight is 295 g/mol. The number of nitrogens with zero attached hydrogens (tertiary/aromatic N) is 2. The van der Waals surface area contributed by atoms with Crippen LogP contribution >= 0.6 is 11.6 Å². The fraction of sp³-hybridized carbons (Fsp3) is 0.562. The molecule has 1 aliphatic rings. The summed E-state index contributed by atoms with van der Waals surface area (Å²) in [4.78, 5) is 4.59. The van der Waals surface area contributed by atoms with Gasteiger partial charge in [0.25, 0.3) is 0 Å². The Kier molecular flexibility index (Phi) is 3.97. The van der Waals surface area contributed by atoms with E-state index in [1.165, 1.54) is 37.8 Å². The summed E-state index contributed by atoms with van der Waals surface area (Å²) in [7, 11) is 0. The number of hydrogen-bond acceptors (Lipinski definition) is 1. The maximum Gasteiger partial charge on any atom is 0.125 e. The molecule has 0 spiro atoms. The van der Waals surface area contributed by atoms with Crippen LogP contribution in [-0.4, -0.2) is 15.4 Å². The molecule has 0 amide bonds. The van der Waals surface area contributed by atoms with Crippen molar-refractivity contribution in [2.45, 2.75) is 45.1 Å². The maximum atomic E-state index is 13.4. The van der Waals surface area contributed by atoms with Gasteiger partial charge in [-0.1, -0.05) is 12.8 Å². The number of halogens is 2.